The predicted octanol–water partition coefficient (Wildman–Crippen LogP) is 10.5. The monoisotopic (exact) mass is 814 g/mol. The number of hydrogen-bond donors (Lipinski definition) is 0. The van der Waals surface area contributed by atoms with Crippen LogP contribution in [0.2, 0.25) is 0 Å². The Bertz CT molecular complexity index is 1690. The van der Waals surface area contributed by atoms with Crippen molar-refractivity contribution in [3.8, 4) is 0 Å². The first-order chi connectivity index (χ1) is 20.8. The van der Waals surface area contributed by atoms with E-state index in [0.717, 1.165) is 22.1 Å². The minimum atomic E-state index is 0. The van der Waals surface area contributed by atoms with Gasteiger partial charge in [0.25, 0.3) is 0 Å². The molecule has 4 aromatic heterocycles. The van der Waals surface area contributed by atoms with Gasteiger partial charge in [0.05, 0.1) is 22.1 Å². The largest absolute Gasteiger partial charge is 0.254 e. The molecule has 0 N–H and O–H groups in total. The van der Waals surface area contributed by atoms with Gasteiger partial charge in [0.2, 0.25) is 0 Å². The zero-order valence-corrected chi connectivity index (χ0v) is 33.4. The van der Waals surface area contributed by atoms with E-state index in [4.69, 9.17) is 0 Å². The number of hydrogen-bond acceptors (Lipinski definition) is 4. The molecule has 0 spiro atoms. The molecule has 0 saturated heterocycles. The molecule has 45 heavy (non-hydrogen) atoms. The Morgan fingerprint density at radius 2 is 0.600 bits per heavy atom. The quantitative estimate of drug-likeness (QED) is 0.132. The number of aromatic nitrogens is 4. The summed E-state index contributed by atoms with van der Waals surface area (Å²) in [6.07, 6.45) is 10.7. The summed E-state index contributed by atoms with van der Waals surface area (Å²) in [5, 5.41) is 4.83. The van der Waals surface area contributed by atoms with Crippen LogP contribution in [0.25, 0.3) is 43.6 Å². The number of nitrogens with zero attached hydrogens (tertiary/aromatic N) is 4. The zero-order chi connectivity index (χ0) is 32.3. The van der Waals surface area contributed by atoms with Crippen LogP contribution in [-0.4, -0.2) is 58.9 Å². The Morgan fingerprint density at radius 1 is 0.400 bits per heavy atom. The molecule has 0 aliphatic rings. The molecule has 6 rings (SSSR count). The van der Waals surface area contributed by atoms with E-state index < -0.39 is 0 Å². The standard InChI is InChI=1S/2C16H16N2.C6H16P2.Os/c2*1-9-7-17-15-13(11(9)3)5-6-14-12(4)10(2)8-18-16(14)15;1-7(2)5-6-8(3)4;/h2*5-8H,1-4H3;5-6H2,1-4H3;. The second kappa shape index (κ2) is 15.9. The Balaban J connectivity index is 0.000000196. The molecule has 0 aliphatic carbocycles. The fraction of sp³-hybridized carbons (Fsp3) is 0.368. The number of aryl methyl sites for hydroxylation is 8. The van der Waals surface area contributed by atoms with Crippen LogP contribution < -0.4 is 0 Å². The van der Waals surface area contributed by atoms with Crippen LogP contribution in [0.1, 0.15) is 44.5 Å². The summed E-state index contributed by atoms with van der Waals surface area (Å²) in [6, 6.07) is 8.67. The maximum Gasteiger partial charge on any atom is 0.0967 e. The van der Waals surface area contributed by atoms with Crippen molar-refractivity contribution >= 4 is 59.5 Å². The van der Waals surface area contributed by atoms with Crippen molar-refractivity contribution in [2.75, 3.05) is 39.0 Å². The van der Waals surface area contributed by atoms with E-state index in [9.17, 15) is 0 Å². The first-order valence-electron chi connectivity index (χ1n) is 15.3. The third-order valence-electron chi connectivity index (χ3n) is 8.83. The van der Waals surface area contributed by atoms with Crippen LogP contribution in [0.15, 0.2) is 49.1 Å². The van der Waals surface area contributed by atoms with Crippen LogP contribution in [0.3, 0.4) is 0 Å². The van der Waals surface area contributed by atoms with Gasteiger partial charge in [-0.3, -0.25) is 19.9 Å². The number of benzene rings is 2. The number of rotatable bonds is 3. The van der Waals surface area contributed by atoms with Gasteiger partial charge >= 0.3 is 0 Å². The zero-order valence-electron chi connectivity index (χ0n) is 29.1. The molecular weight excluding hydrogens is 765 g/mol. The van der Waals surface area contributed by atoms with Gasteiger partial charge in [0.15, 0.2) is 0 Å². The minimum absolute atomic E-state index is 0. The average Bonchev–Trinajstić information content (AvgIpc) is 2.99. The van der Waals surface area contributed by atoms with E-state index in [1.165, 1.54) is 78.4 Å². The topological polar surface area (TPSA) is 51.6 Å². The molecule has 0 amide bonds. The van der Waals surface area contributed by atoms with E-state index >= 15 is 0 Å². The smallest absolute Gasteiger partial charge is 0.0967 e. The molecule has 7 heteroatoms. The van der Waals surface area contributed by atoms with Crippen LogP contribution in [0.5, 0.6) is 0 Å². The summed E-state index contributed by atoms with van der Waals surface area (Å²) in [5.41, 5.74) is 14.1. The third-order valence-corrected chi connectivity index (χ3v) is 11.4. The maximum absolute atomic E-state index is 4.58. The maximum atomic E-state index is 4.58. The normalized spacial score (nSPS) is 11.1. The van der Waals surface area contributed by atoms with Crippen molar-refractivity contribution in [3.63, 3.8) is 0 Å². The van der Waals surface area contributed by atoms with Gasteiger partial charge < -0.3 is 0 Å². The summed E-state index contributed by atoms with van der Waals surface area (Å²) < 4.78 is 0. The number of pyridine rings is 4. The Labute approximate surface area is 285 Å². The fourth-order valence-corrected chi connectivity index (χ4v) is 8.37. The minimum Gasteiger partial charge on any atom is -0.254 e. The molecule has 6 aromatic rings. The molecule has 4 heterocycles. The number of fused-ring (bicyclic) bond motifs is 6. The van der Waals surface area contributed by atoms with Crippen molar-refractivity contribution in [2.45, 2.75) is 55.4 Å². The second-order valence-corrected chi connectivity index (χ2v) is 17.8. The van der Waals surface area contributed by atoms with Crippen molar-refractivity contribution in [2.24, 2.45) is 0 Å². The van der Waals surface area contributed by atoms with E-state index in [1.54, 1.807) is 0 Å². The van der Waals surface area contributed by atoms with Gasteiger partial charge in [-0.2, -0.15) is 0 Å². The summed E-state index contributed by atoms with van der Waals surface area (Å²) in [6.45, 7) is 26.4. The molecule has 0 bridgehead atoms. The second-order valence-electron chi connectivity index (χ2n) is 12.6. The van der Waals surface area contributed by atoms with E-state index in [-0.39, 0.29) is 19.8 Å². The Kier molecular flexibility index (Phi) is 13.1. The Morgan fingerprint density at radius 3 is 0.778 bits per heavy atom. The molecule has 238 valence electrons. The summed E-state index contributed by atoms with van der Waals surface area (Å²) in [4.78, 5) is 18.3. The van der Waals surface area contributed by atoms with E-state index in [0.29, 0.717) is 15.8 Å². The molecule has 0 saturated carbocycles. The van der Waals surface area contributed by atoms with Gasteiger partial charge in [0, 0.05) is 66.1 Å². The molecule has 0 fully saturated rings. The van der Waals surface area contributed by atoms with Gasteiger partial charge in [0.1, 0.15) is 0 Å². The SMILES string of the molecule is CP(C)CCP(C)C.Cc1cnc2c(ccc3c(C)c(C)cnc32)c1C.Cc1cnc2c(ccc3c(C)c(C)cnc32)c1C.[Os]. The molecule has 0 atom stereocenters. The molecule has 4 nitrogen and oxygen atoms in total. The van der Waals surface area contributed by atoms with Gasteiger partial charge in [-0.15, -0.1) is 15.8 Å². The van der Waals surface area contributed by atoms with Crippen LogP contribution in [0, 0.1) is 55.4 Å². The van der Waals surface area contributed by atoms with Crippen molar-refractivity contribution in [3.05, 3.63) is 93.6 Å². The average molecular weight is 813 g/mol. The van der Waals surface area contributed by atoms with Crippen LogP contribution >= 0.6 is 15.8 Å². The third kappa shape index (κ3) is 8.30. The van der Waals surface area contributed by atoms with Crippen molar-refractivity contribution < 1.29 is 19.8 Å². The summed E-state index contributed by atoms with van der Waals surface area (Å²) in [5.74, 6) is 0. The Hall–Kier alpha value is -2.42. The van der Waals surface area contributed by atoms with Crippen molar-refractivity contribution in [1.82, 2.24) is 19.9 Å². The first kappa shape index (κ1) is 37.0. The first-order valence-corrected chi connectivity index (χ1v) is 20.2. The molecule has 0 unspecified atom stereocenters. The summed E-state index contributed by atoms with van der Waals surface area (Å²) >= 11 is 0. The predicted molar refractivity (Wildman–Crippen MR) is 199 cm³/mol. The van der Waals surface area contributed by atoms with Crippen LogP contribution in [0.4, 0.5) is 0 Å². The molecule has 0 aliphatic heterocycles. The van der Waals surface area contributed by atoms with Gasteiger partial charge in [-0.05, 0) is 139 Å². The summed E-state index contributed by atoms with van der Waals surface area (Å²) in [7, 11) is 0.766. The molecule has 2 aromatic carbocycles. The van der Waals surface area contributed by atoms with Crippen LogP contribution in [-0.2, 0) is 19.8 Å². The molecular formula is C38H48N4OsP2. The van der Waals surface area contributed by atoms with Gasteiger partial charge in [-0.1, -0.05) is 24.3 Å². The van der Waals surface area contributed by atoms with Crippen molar-refractivity contribution in [1.29, 1.82) is 0 Å². The van der Waals surface area contributed by atoms with E-state index in [1.807, 2.05) is 24.8 Å². The van der Waals surface area contributed by atoms with Gasteiger partial charge in [-0.25, -0.2) is 0 Å². The molecule has 0 radical (unpaired) electrons. The fourth-order valence-electron chi connectivity index (χ4n) is 5.17. The van der Waals surface area contributed by atoms with E-state index in [2.05, 4.69) is 126 Å².